The summed E-state index contributed by atoms with van der Waals surface area (Å²) in [6.07, 6.45) is 1.63. The number of carbonyl (C=O) groups excluding carboxylic acids is 1. The smallest absolute Gasteiger partial charge is 0.276 e. The van der Waals surface area contributed by atoms with Gasteiger partial charge in [0.25, 0.3) is 16.1 Å². The van der Waals surface area contributed by atoms with Gasteiger partial charge in [0.05, 0.1) is 11.4 Å². The number of hydrogen-bond donors (Lipinski definition) is 4. The fourth-order valence-corrected chi connectivity index (χ4v) is 2.87. The molecule has 0 radical (unpaired) electrons. The number of anilines is 1. The van der Waals surface area contributed by atoms with Gasteiger partial charge in [0.2, 0.25) is 0 Å². The first-order valence-electron chi connectivity index (χ1n) is 6.65. The van der Waals surface area contributed by atoms with Crippen LogP contribution in [0.3, 0.4) is 0 Å². The van der Waals surface area contributed by atoms with Crippen LogP contribution < -0.4 is 15.6 Å². The van der Waals surface area contributed by atoms with E-state index in [1.807, 2.05) is 0 Å². The van der Waals surface area contributed by atoms with Crippen molar-refractivity contribution in [3.05, 3.63) is 11.4 Å². The maximum Gasteiger partial charge on any atom is 0.276 e. The lowest BCUT2D eigenvalue weighted by molar-refractivity contribution is 0.0671. The molecule has 21 heavy (non-hydrogen) atoms. The Hall–Kier alpha value is -1.65. The number of carbonyl (C=O) groups is 1. The molecule has 10 heteroatoms. The van der Waals surface area contributed by atoms with E-state index in [2.05, 4.69) is 14.9 Å². The number of nitrogens with two attached hydrogens (primary N) is 2. The van der Waals surface area contributed by atoms with E-state index >= 15 is 0 Å². The summed E-state index contributed by atoms with van der Waals surface area (Å²) in [5.74, 6) is -0.209. The molecule has 1 aromatic heterocycles. The van der Waals surface area contributed by atoms with Gasteiger partial charge in [-0.1, -0.05) is 0 Å². The molecule has 1 atom stereocenters. The van der Waals surface area contributed by atoms with Crippen molar-refractivity contribution in [3.8, 4) is 0 Å². The number of aromatic amines is 1. The van der Waals surface area contributed by atoms with Crippen molar-refractivity contribution in [2.45, 2.75) is 19.8 Å². The summed E-state index contributed by atoms with van der Waals surface area (Å²) >= 11 is 0. The molecule has 1 aliphatic rings. The third-order valence-electron chi connectivity index (χ3n) is 3.58. The number of likely N-dealkylation sites (tertiary alicyclic amines) is 1. The Kier molecular flexibility index (Phi) is 4.49. The van der Waals surface area contributed by atoms with Gasteiger partial charge in [-0.15, -0.1) is 0 Å². The van der Waals surface area contributed by atoms with E-state index in [0.29, 0.717) is 24.5 Å². The Balaban J connectivity index is 2.00. The van der Waals surface area contributed by atoms with Crippen LogP contribution in [0.25, 0.3) is 0 Å². The molecule has 1 aromatic rings. The molecule has 1 aliphatic heterocycles. The summed E-state index contributed by atoms with van der Waals surface area (Å²) in [4.78, 5) is 14.0. The average molecular weight is 316 g/mol. The highest BCUT2D eigenvalue weighted by molar-refractivity contribution is 7.87. The molecule has 6 N–H and O–H groups in total. The van der Waals surface area contributed by atoms with E-state index in [4.69, 9.17) is 10.9 Å². The van der Waals surface area contributed by atoms with Crippen molar-refractivity contribution in [2.75, 3.05) is 25.4 Å². The first kappa shape index (κ1) is 15.7. The number of nitrogens with one attached hydrogen (secondary N) is 2. The first-order valence-corrected chi connectivity index (χ1v) is 8.19. The zero-order valence-electron chi connectivity index (χ0n) is 11.8. The number of piperidine rings is 1. The Morgan fingerprint density at radius 3 is 2.86 bits per heavy atom. The van der Waals surface area contributed by atoms with E-state index in [1.165, 1.54) is 0 Å². The van der Waals surface area contributed by atoms with E-state index in [9.17, 15) is 13.2 Å². The first-order chi connectivity index (χ1) is 9.78. The number of rotatable bonds is 4. The van der Waals surface area contributed by atoms with Crippen molar-refractivity contribution < 1.29 is 13.2 Å². The van der Waals surface area contributed by atoms with Gasteiger partial charge in [-0.3, -0.25) is 9.89 Å². The fraction of sp³-hybridized carbons (Fsp3) is 0.636. The van der Waals surface area contributed by atoms with Gasteiger partial charge in [-0.25, -0.2) is 9.86 Å². The van der Waals surface area contributed by atoms with E-state index in [0.717, 1.165) is 12.8 Å². The van der Waals surface area contributed by atoms with Crippen molar-refractivity contribution in [3.63, 3.8) is 0 Å². The maximum absolute atomic E-state index is 12.4. The van der Waals surface area contributed by atoms with Gasteiger partial charge in [0, 0.05) is 19.6 Å². The minimum absolute atomic E-state index is 0.0299. The lowest BCUT2D eigenvalue weighted by atomic mass is 9.98. The van der Waals surface area contributed by atoms with Crippen LogP contribution in [0.4, 0.5) is 5.69 Å². The monoisotopic (exact) mass is 316 g/mol. The molecular formula is C11H20N6O3S. The number of amides is 1. The largest absolute Gasteiger partial charge is 0.395 e. The zero-order valence-corrected chi connectivity index (χ0v) is 12.6. The van der Waals surface area contributed by atoms with Crippen molar-refractivity contribution in [2.24, 2.45) is 11.1 Å². The standard InChI is InChI=1S/C11H20N6O3S/c1-7-9(12)10(16-15-7)11(18)17-4-2-3-8(6-17)5-14-21(13,19)20/h8,14H,2-6,12H2,1H3,(H,15,16)(H2,13,19,20). The van der Waals surface area contributed by atoms with Crippen LogP contribution in [0.5, 0.6) is 0 Å². The number of H-pyrrole nitrogens is 1. The highest BCUT2D eigenvalue weighted by Gasteiger charge is 2.27. The predicted molar refractivity (Wildman–Crippen MR) is 77.5 cm³/mol. The number of nitrogen functional groups attached to an aromatic ring is 1. The molecular weight excluding hydrogens is 296 g/mol. The second-order valence-electron chi connectivity index (χ2n) is 5.26. The molecule has 1 saturated heterocycles. The predicted octanol–water partition coefficient (Wildman–Crippen LogP) is -1.05. The highest BCUT2D eigenvalue weighted by Crippen LogP contribution is 2.20. The lowest BCUT2D eigenvalue weighted by Gasteiger charge is -2.32. The molecule has 1 amide bonds. The molecule has 2 heterocycles. The van der Waals surface area contributed by atoms with E-state index in [-0.39, 0.29) is 24.1 Å². The third kappa shape index (κ3) is 3.93. The van der Waals surface area contributed by atoms with Gasteiger partial charge in [0.1, 0.15) is 0 Å². The van der Waals surface area contributed by atoms with Crippen LogP contribution in [-0.4, -0.2) is 49.1 Å². The van der Waals surface area contributed by atoms with Gasteiger partial charge in [0.15, 0.2) is 5.69 Å². The zero-order chi connectivity index (χ0) is 15.6. The van der Waals surface area contributed by atoms with Gasteiger partial charge >= 0.3 is 0 Å². The third-order valence-corrected chi connectivity index (χ3v) is 4.15. The number of aryl methyl sites for hydroxylation is 1. The molecule has 1 unspecified atom stereocenters. The van der Waals surface area contributed by atoms with Crippen LogP contribution >= 0.6 is 0 Å². The van der Waals surface area contributed by atoms with Crippen LogP contribution in [0.15, 0.2) is 0 Å². The number of nitrogens with zero attached hydrogens (tertiary/aromatic N) is 2. The summed E-state index contributed by atoms with van der Waals surface area (Å²) in [7, 11) is -3.71. The van der Waals surface area contributed by atoms with Crippen LogP contribution in [0.1, 0.15) is 29.0 Å². The fourth-order valence-electron chi connectivity index (χ4n) is 2.40. The van der Waals surface area contributed by atoms with E-state index in [1.54, 1.807) is 11.8 Å². The molecule has 0 bridgehead atoms. The Labute approximate surface area is 123 Å². The van der Waals surface area contributed by atoms with Crippen LogP contribution in [-0.2, 0) is 10.2 Å². The summed E-state index contributed by atoms with van der Waals surface area (Å²) in [6.45, 7) is 3.02. The Morgan fingerprint density at radius 2 is 2.29 bits per heavy atom. The van der Waals surface area contributed by atoms with Crippen molar-refractivity contribution in [1.82, 2.24) is 19.8 Å². The molecule has 0 aliphatic carbocycles. The molecule has 0 aromatic carbocycles. The Morgan fingerprint density at radius 1 is 1.57 bits per heavy atom. The topological polar surface area (TPSA) is 147 Å². The summed E-state index contributed by atoms with van der Waals surface area (Å²) in [5, 5.41) is 11.5. The molecule has 1 fully saturated rings. The summed E-state index contributed by atoms with van der Waals surface area (Å²) in [5.41, 5.74) is 7.03. The number of aromatic nitrogens is 2. The van der Waals surface area contributed by atoms with E-state index < -0.39 is 10.2 Å². The van der Waals surface area contributed by atoms with Gasteiger partial charge < -0.3 is 10.6 Å². The highest BCUT2D eigenvalue weighted by atomic mass is 32.2. The maximum atomic E-state index is 12.4. The SMILES string of the molecule is Cc1[nH]nc(C(=O)N2CCCC(CNS(N)(=O)=O)C2)c1N. The molecule has 2 rings (SSSR count). The minimum Gasteiger partial charge on any atom is -0.395 e. The van der Waals surface area contributed by atoms with Crippen molar-refractivity contribution >= 4 is 21.8 Å². The number of hydrogen-bond acceptors (Lipinski definition) is 5. The quantitative estimate of drug-likeness (QED) is 0.559. The molecule has 0 saturated carbocycles. The second kappa shape index (κ2) is 6.00. The minimum atomic E-state index is -3.71. The normalized spacial score (nSPS) is 19.7. The average Bonchev–Trinajstić information content (AvgIpc) is 2.76. The Bertz CT molecular complexity index is 626. The van der Waals surface area contributed by atoms with Gasteiger partial charge in [-0.2, -0.15) is 13.5 Å². The molecule has 9 nitrogen and oxygen atoms in total. The lowest BCUT2D eigenvalue weighted by Crippen LogP contribution is -2.44. The molecule has 0 spiro atoms. The summed E-state index contributed by atoms with van der Waals surface area (Å²) < 4.78 is 24.1. The van der Waals surface area contributed by atoms with Crippen LogP contribution in [0, 0.1) is 12.8 Å². The second-order valence-corrected chi connectivity index (χ2v) is 6.64. The van der Waals surface area contributed by atoms with Crippen molar-refractivity contribution in [1.29, 1.82) is 0 Å². The summed E-state index contributed by atoms with van der Waals surface area (Å²) in [6, 6.07) is 0. The molecule has 118 valence electrons. The van der Waals surface area contributed by atoms with Gasteiger partial charge in [-0.05, 0) is 25.7 Å². The van der Waals surface area contributed by atoms with Crippen LogP contribution in [0.2, 0.25) is 0 Å².